The second-order valence-corrected chi connectivity index (χ2v) is 3.88. The molecule has 11 heavy (non-hydrogen) atoms. The topological polar surface area (TPSA) is 29.3 Å². The summed E-state index contributed by atoms with van der Waals surface area (Å²) in [5.41, 5.74) is 5.55. The molecule has 1 heterocycles. The van der Waals surface area contributed by atoms with Gasteiger partial charge in [-0.2, -0.15) is 0 Å². The lowest BCUT2D eigenvalue weighted by Crippen LogP contribution is -2.38. The minimum Gasteiger partial charge on any atom is -0.318 e. The van der Waals surface area contributed by atoms with Crippen molar-refractivity contribution in [2.24, 2.45) is 17.6 Å². The van der Waals surface area contributed by atoms with Gasteiger partial charge in [0.2, 0.25) is 0 Å². The van der Waals surface area contributed by atoms with E-state index in [1.54, 1.807) is 0 Å². The third-order valence-corrected chi connectivity index (χ3v) is 2.83. The molecule has 1 aliphatic rings. The summed E-state index contributed by atoms with van der Waals surface area (Å²) in [4.78, 5) is 2.33. The third-order valence-electron chi connectivity index (χ3n) is 2.83. The van der Waals surface area contributed by atoms with E-state index in [1.165, 1.54) is 25.9 Å². The summed E-state index contributed by atoms with van der Waals surface area (Å²) < 4.78 is 0. The summed E-state index contributed by atoms with van der Waals surface area (Å²) in [7, 11) is 0. The number of hydrogen-bond acceptors (Lipinski definition) is 2. The molecule has 66 valence electrons. The molecule has 1 rings (SSSR count). The van der Waals surface area contributed by atoms with Gasteiger partial charge < -0.3 is 5.73 Å². The number of likely N-dealkylation sites (tertiary alicyclic amines) is 1. The molecular weight excluding hydrogens is 136 g/mol. The van der Waals surface area contributed by atoms with Gasteiger partial charge in [-0.1, -0.05) is 13.8 Å². The van der Waals surface area contributed by atoms with Crippen LogP contribution in [0.3, 0.4) is 0 Å². The molecule has 2 heteroatoms. The van der Waals surface area contributed by atoms with Gasteiger partial charge in [-0.25, -0.2) is 0 Å². The van der Waals surface area contributed by atoms with Crippen LogP contribution in [0.4, 0.5) is 0 Å². The minimum atomic E-state index is 0.741. The van der Waals surface area contributed by atoms with E-state index in [0.717, 1.165) is 18.5 Å². The van der Waals surface area contributed by atoms with Crippen molar-refractivity contribution in [2.75, 3.05) is 19.8 Å². The lowest BCUT2D eigenvalue weighted by atomic mass is 9.87. The highest BCUT2D eigenvalue weighted by Gasteiger charge is 2.20. The predicted molar refractivity (Wildman–Crippen MR) is 48.2 cm³/mol. The Balaban J connectivity index is 2.24. The Bertz CT molecular complexity index is 104. The minimum absolute atomic E-state index is 0.741. The Hall–Kier alpha value is -0.0800. The molecule has 1 fully saturated rings. The van der Waals surface area contributed by atoms with E-state index in [9.17, 15) is 0 Å². The first kappa shape index (κ1) is 9.01. The van der Waals surface area contributed by atoms with Gasteiger partial charge in [0.05, 0.1) is 0 Å². The monoisotopic (exact) mass is 156 g/mol. The molecule has 0 unspecified atom stereocenters. The van der Waals surface area contributed by atoms with Crippen molar-refractivity contribution in [3.05, 3.63) is 0 Å². The molecule has 0 aromatic rings. The zero-order chi connectivity index (χ0) is 8.27. The molecule has 2 N–H and O–H groups in total. The molecule has 0 atom stereocenters. The van der Waals surface area contributed by atoms with Gasteiger partial charge in [0.25, 0.3) is 0 Å². The van der Waals surface area contributed by atoms with E-state index in [1.807, 2.05) is 0 Å². The van der Waals surface area contributed by atoms with Crippen molar-refractivity contribution in [2.45, 2.75) is 26.7 Å². The van der Waals surface area contributed by atoms with E-state index in [-0.39, 0.29) is 0 Å². The van der Waals surface area contributed by atoms with Crippen LogP contribution in [0, 0.1) is 11.8 Å². The molecule has 0 spiro atoms. The highest BCUT2D eigenvalue weighted by molar-refractivity contribution is 4.72. The summed E-state index contributed by atoms with van der Waals surface area (Å²) in [5.74, 6) is 1.80. The first-order valence-electron chi connectivity index (χ1n) is 4.66. The first-order valence-corrected chi connectivity index (χ1v) is 4.66. The fourth-order valence-corrected chi connectivity index (χ4v) is 1.80. The van der Waals surface area contributed by atoms with E-state index >= 15 is 0 Å². The van der Waals surface area contributed by atoms with Crippen LogP contribution in [0.5, 0.6) is 0 Å². The number of nitrogens with zero attached hydrogens (tertiary/aromatic N) is 1. The maximum atomic E-state index is 5.55. The SMILES string of the molecule is CC(C)C1CCN(CN)CC1. The molecular formula is C9H20N2. The van der Waals surface area contributed by atoms with Gasteiger partial charge in [0.1, 0.15) is 0 Å². The van der Waals surface area contributed by atoms with Gasteiger partial charge in [-0.05, 0) is 37.8 Å². The number of hydrogen-bond donors (Lipinski definition) is 1. The van der Waals surface area contributed by atoms with Gasteiger partial charge in [0, 0.05) is 6.67 Å². The molecule has 0 radical (unpaired) electrons. The van der Waals surface area contributed by atoms with Crippen LogP contribution in [0.15, 0.2) is 0 Å². The Morgan fingerprint density at radius 3 is 2.27 bits per heavy atom. The summed E-state index contributed by atoms with van der Waals surface area (Å²) in [5, 5.41) is 0. The second kappa shape index (κ2) is 4.07. The number of rotatable bonds is 2. The normalized spacial score (nSPS) is 22.9. The molecule has 2 nitrogen and oxygen atoms in total. The molecule has 0 aromatic heterocycles. The third kappa shape index (κ3) is 2.46. The fourth-order valence-electron chi connectivity index (χ4n) is 1.80. The van der Waals surface area contributed by atoms with E-state index in [2.05, 4.69) is 18.7 Å². The average Bonchev–Trinajstić information content (AvgIpc) is 2.05. The fraction of sp³-hybridized carbons (Fsp3) is 1.00. The predicted octanol–water partition coefficient (Wildman–Crippen LogP) is 1.27. The van der Waals surface area contributed by atoms with Crippen LogP contribution in [-0.4, -0.2) is 24.7 Å². The van der Waals surface area contributed by atoms with Crippen LogP contribution < -0.4 is 5.73 Å². The van der Waals surface area contributed by atoms with Gasteiger partial charge in [0.15, 0.2) is 0 Å². The Kier molecular flexibility index (Phi) is 3.34. The zero-order valence-corrected chi connectivity index (χ0v) is 7.71. The molecule has 0 aromatic carbocycles. The molecule has 0 aliphatic carbocycles. The lowest BCUT2D eigenvalue weighted by Gasteiger charge is -2.32. The van der Waals surface area contributed by atoms with Crippen molar-refractivity contribution >= 4 is 0 Å². The van der Waals surface area contributed by atoms with E-state index in [4.69, 9.17) is 5.73 Å². The largest absolute Gasteiger partial charge is 0.318 e. The summed E-state index contributed by atoms with van der Waals surface area (Å²) >= 11 is 0. The Labute approximate surface area is 69.8 Å². The quantitative estimate of drug-likeness (QED) is 0.652. The number of nitrogens with two attached hydrogens (primary N) is 1. The average molecular weight is 156 g/mol. The van der Waals surface area contributed by atoms with Crippen LogP contribution >= 0.6 is 0 Å². The number of piperidine rings is 1. The molecule has 1 saturated heterocycles. The van der Waals surface area contributed by atoms with Crippen molar-refractivity contribution in [3.63, 3.8) is 0 Å². The van der Waals surface area contributed by atoms with Crippen LogP contribution in [0.25, 0.3) is 0 Å². The highest BCUT2D eigenvalue weighted by atomic mass is 15.2. The van der Waals surface area contributed by atoms with E-state index in [0.29, 0.717) is 0 Å². The zero-order valence-electron chi connectivity index (χ0n) is 7.71. The van der Waals surface area contributed by atoms with Crippen molar-refractivity contribution in [3.8, 4) is 0 Å². The van der Waals surface area contributed by atoms with Gasteiger partial charge in [-0.3, -0.25) is 4.90 Å². The highest BCUT2D eigenvalue weighted by Crippen LogP contribution is 2.23. The molecule has 0 bridgehead atoms. The maximum absolute atomic E-state index is 5.55. The van der Waals surface area contributed by atoms with E-state index < -0.39 is 0 Å². The molecule has 1 aliphatic heterocycles. The summed E-state index contributed by atoms with van der Waals surface area (Å²) in [6.45, 7) is 7.80. The Morgan fingerprint density at radius 1 is 1.36 bits per heavy atom. The maximum Gasteiger partial charge on any atom is 0.0455 e. The molecule has 0 amide bonds. The lowest BCUT2D eigenvalue weighted by molar-refractivity contribution is 0.161. The molecule has 0 saturated carbocycles. The van der Waals surface area contributed by atoms with Crippen molar-refractivity contribution in [1.29, 1.82) is 0 Å². The Morgan fingerprint density at radius 2 is 1.91 bits per heavy atom. The van der Waals surface area contributed by atoms with Crippen molar-refractivity contribution in [1.82, 2.24) is 4.90 Å². The smallest absolute Gasteiger partial charge is 0.0455 e. The second-order valence-electron chi connectivity index (χ2n) is 3.88. The van der Waals surface area contributed by atoms with Gasteiger partial charge >= 0.3 is 0 Å². The van der Waals surface area contributed by atoms with Gasteiger partial charge in [-0.15, -0.1) is 0 Å². The summed E-state index contributed by atoms with van der Waals surface area (Å²) in [6, 6.07) is 0. The van der Waals surface area contributed by atoms with Crippen LogP contribution in [-0.2, 0) is 0 Å². The first-order chi connectivity index (χ1) is 5.24. The standard InChI is InChI=1S/C9H20N2/c1-8(2)9-3-5-11(7-10)6-4-9/h8-9H,3-7,10H2,1-2H3. The van der Waals surface area contributed by atoms with Crippen LogP contribution in [0.2, 0.25) is 0 Å². The summed E-state index contributed by atoms with van der Waals surface area (Å²) in [6.07, 6.45) is 2.68. The van der Waals surface area contributed by atoms with Crippen molar-refractivity contribution < 1.29 is 0 Å². The van der Waals surface area contributed by atoms with Crippen LogP contribution in [0.1, 0.15) is 26.7 Å².